The molecule has 28 heavy (non-hydrogen) atoms. The van der Waals surface area contributed by atoms with Crippen LogP contribution in [0.2, 0.25) is 0 Å². The summed E-state index contributed by atoms with van der Waals surface area (Å²) in [5.74, 6) is 1.34. The highest BCUT2D eigenvalue weighted by atomic mass is 79.9. The molecular formula is C20H25BrN2O4S. The molecule has 1 fully saturated rings. The number of hydrogen-bond donors (Lipinski definition) is 0. The van der Waals surface area contributed by atoms with E-state index in [0.29, 0.717) is 44.1 Å². The number of halogens is 1. The zero-order valence-corrected chi connectivity index (χ0v) is 18.7. The Bertz CT molecular complexity index is 941. The molecule has 1 heterocycles. The van der Waals surface area contributed by atoms with Gasteiger partial charge in [-0.1, -0.05) is 12.1 Å². The number of piperazine rings is 1. The summed E-state index contributed by atoms with van der Waals surface area (Å²) in [6.45, 7) is 6.39. The number of hydrogen-bond acceptors (Lipinski definition) is 5. The first kappa shape index (κ1) is 21.0. The summed E-state index contributed by atoms with van der Waals surface area (Å²) >= 11 is 3.41. The number of methoxy groups -OCH3 is 1. The summed E-state index contributed by atoms with van der Waals surface area (Å²) in [5.41, 5.74) is 1.69. The van der Waals surface area contributed by atoms with Crippen LogP contribution < -0.4 is 14.4 Å². The summed E-state index contributed by atoms with van der Waals surface area (Å²) in [6, 6.07) is 11.2. The largest absolute Gasteiger partial charge is 0.496 e. The maximum Gasteiger partial charge on any atom is 0.243 e. The maximum absolute atomic E-state index is 13.2. The normalized spacial score (nSPS) is 15.5. The van der Waals surface area contributed by atoms with E-state index in [0.717, 1.165) is 15.9 Å². The summed E-state index contributed by atoms with van der Waals surface area (Å²) < 4.78 is 39.7. The van der Waals surface area contributed by atoms with Gasteiger partial charge in [0, 0.05) is 32.2 Å². The number of nitrogens with zero attached hydrogens (tertiary/aromatic N) is 2. The van der Waals surface area contributed by atoms with Crippen molar-refractivity contribution < 1.29 is 17.9 Å². The van der Waals surface area contributed by atoms with E-state index in [-0.39, 0.29) is 4.90 Å². The van der Waals surface area contributed by atoms with Gasteiger partial charge < -0.3 is 14.4 Å². The number of aryl methyl sites for hydroxylation is 1. The third-order valence-electron chi connectivity index (χ3n) is 4.81. The minimum atomic E-state index is -3.59. The molecule has 0 radical (unpaired) electrons. The standard InChI is InChI=1S/C20H25BrN2O4S/c1-4-27-18-8-6-5-7-17(18)22-9-11-23(12-10-22)28(24,25)20-14-19(26-3)16(21)13-15(20)2/h5-8,13-14H,4,9-12H2,1-3H3. The third kappa shape index (κ3) is 4.14. The van der Waals surface area contributed by atoms with Gasteiger partial charge in [-0.3, -0.25) is 0 Å². The number of ether oxygens (including phenoxy) is 2. The van der Waals surface area contributed by atoms with Crippen LogP contribution in [-0.4, -0.2) is 52.6 Å². The van der Waals surface area contributed by atoms with Crippen LogP contribution in [0, 0.1) is 6.92 Å². The molecule has 0 saturated carbocycles. The zero-order valence-electron chi connectivity index (χ0n) is 16.3. The highest BCUT2D eigenvalue weighted by Gasteiger charge is 2.31. The van der Waals surface area contributed by atoms with Gasteiger partial charge in [-0.25, -0.2) is 8.42 Å². The molecule has 1 aliphatic heterocycles. The fourth-order valence-corrected chi connectivity index (χ4v) is 5.64. The Hall–Kier alpha value is -1.77. The van der Waals surface area contributed by atoms with E-state index in [1.165, 1.54) is 7.11 Å². The Morgan fingerprint density at radius 3 is 2.39 bits per heavy atom. The second kappa shape index (κ2) is 8.71. The third-order valence-corrected chi connectivity index (χ3v) is 7.47. The van der Waals surface area contributed by atoms with E-state index in [4.69, 9.17) is 9.47 Å². The van der Waals surface area contributed by atoms with Crippen LogP contribution in [0.3, 0.4) is 0 Å². The average molecular weight is 469 g/mol. The van der Waals surface area contributed by atoms with Gasteiger partial charge in [0.05, 0.1) is 28.8 Å². The van der Waals surface area contributed by atoms with E-state index in [1.54, 1.807) is 23.4 Å². The van der Waals surface area contributed by atoms with Gasteiger partial charge >= 0.3 is 0 Å². The fourth-order valence-electron chi connectivity index (χ4n) is 3.37. The van der Waals surface area contributed by atoms with Crippen molar-refractivity contribution in [2.45, 2.75) is 18.7 Å². The van der Waals surface area contributed by atoms with E-state index >= 15 is 0 Å². The van der Waals surface area contributed by atoms with Crippen molar-refractivity contribution >= 4 is 31.6 Å². The van der Waals surface area contributed by atoms with Crippen molar-refractivity contribution in [2.24, 2.45) is 0 Å². The quantitative estimate of drug-likeness (QED) is 0.646. The van der Waals surface area contributed by atoms with Crippen molar-refractivity contribution in [2.75, 3.05) is 44.8 Å². The molecule has 0 atom stereocenters. The first-order chi connectivity index (χ1) is 13.4. The SMILES string of the molecule is CCOc1ccccc1N1CCN(S(=O)(=O)c2cc(OC)c(Br)cc2C)CC1. The molecule has 0 aromatic heterocycles. The van der Waals surface area contributed by atoms with Gasteiger partial charge in [0.1, 0.15) is 11.5 Å². The number of anilines is 1. The molecule has 0 spiro atoms. The van der Waals surface area contributed by atoms with Gasteiger partial charge in [-0.2, -0.15) is 4.31 Å². The second-order valence-corrected chi connectivity index (χ2v) is 9.30. The molecule has 3 rings (SSSR count). The number of sulfonamides is 1. The van der Waals surface area contributed by atoms with Gasteiger partial charge in [0.25, 0.3) is 0 Å². The van der Waals surface area contributed by atoms with Crippen LogP contribution in [0.25, 0.3) is 0 Å². The second-order valence-electron chi connectivity index (χ2n) is 6.54. The molecular weight excluding hydrogens is 444 g/mol. The molecule has 0 aliphatic carbocycles. The molecule has 2 aromatic carbocycles. The van der Waals surface area contributed by atoms with Gasteiger partial charge in [-0.15, -0.1) is 0 Å². The van der Waals surface area contributed by atoms with E-state index in [9.17, 15) is 8.42 Å². The van der Waals surface area contributed by atoms with Crippen LogP contribution >= 0.6 is 15.9 Å². The Morgan fingerprint density at radius 2 is 1.75 bits per heavy atom. The Kier molecular flexibility index (Phi) is 6.52. The lowest BCUT2D eigenvalue weighted by Crippen LogP contribution is -2.48. The topological polar surface area (TPSA) is 59.1 Å². The lowest BCUT2D eigenvalue weighted by atomic mass is 10.2. The Morgan fingerprint density at radius 1 is 1.07 bits per heavy atom. The zero-order chi connectivity index (χ0) is 20.3. The Balaban J connectivity index is 1.80. The van der Waals surface area contributed by atoms with Crippen molar-refractivity contribution in [3.05, 3.63) is 46.4 Å². The predicted molar refractivity (Wildman–Crippen MR) is 114 cm³/mol. The molecule has 152 valence electrons. The van der Waals surface area contributed by atoms with Crippen LogP contribution in [-0.2, 0) is 10.0 Å². The summed E-state index contributed by atoms with van der Waals surface area (Å²) in [4.78, 5) is 2.46. The first-order valence-corrected chi connectivity index (χ1v) is 11.4. The van der Waals surface area contributed by atoms with Gasteiger partial charge in [0.2, 0.25) is 10.0 Å². The van der Waals surface area contributed by atoms with Gasteiger partial charge in [0.15, 0.2) is 0 Å². The van der Waals surface area contributed by atoms with Gasteiger partial charge in [-0.05, 0) is 53.5 Å². The smallest absolute Gasteiger partial charge is 0.243 e. The average Bonchev–Trinajstić information content (AvgIpc) is 2.69. The van der Waals surface area contributed by atoms with Crippen molar-refractivity contribution in [3.63, 3.8) is 0 Å². The van der Waals surface area contributed by atoms with Crippen LogP contribution in [0.5, 0.6) is 11.5 Å². The highest BCUT2D eigenvalue weighted by Crippen LogP contribution is 2.33. The monoisotopic (exact) mass is 468 g/mol. The van der Waals surface area contributed by atoms with Crippen molar-refractivity contribution in [1.82, 2.24) is 4.31 Å². The number of rotatable bonds is 6. The molecule has 0 amide bonds. The molecule has 6 nitrogen and oxygen atoms in total. The summed E-state index contributed by atoms with van der Waals surface area (Å²) in [7, 11) is -2.07. The molecule has 1 aliphatic rings. The summed E-state index contributed by atoms with van der Waals surface area (Å²) in [6.07, 6.45) is 0. The highest BCUT2D eigenvalue weighted by molar-refractivity contribution is 9.10. The number of para-hydroxylation sites is 2. The lowest BCUT2D eigenvalue weighted by molar-refractivity contribution is 0.336. The van der Waals surface area contributed by atoms with Crippen LogP contribution in [0.4, 0.5) is 5.69 Å². The molecule has 0 bridgehead atoms. The first-order valence-electron chi connectivity index (χ1n) is 9.19. The van der Waals surface area contributed by atoms with Crippen LogP contribution in [0.1, 0.15) is 12.5 Å². The molecule has 0 N–H and O–H groups in total. The van der Waals surface area contributed by atoms with Crippen molar-refractivity contribution in [1.29, 1.82) is 0 Å². The minimum absolute atomic E-state index is 0.288. The summed E-state index contributed by atoms with van der Waals surface area (Å²) in [5, 5.41) is 0. The van der Waals surface area contributed by atoms with Crippen molar-refractivity contribution in [3.8, 4) is 11.5 Å². The lowest BCUT2D eigenvalue weighted by Gasteiger charge is -2.36. The molecule has 8 heteroatoms. The minimum Gasteiger partial charge on any atom is -0.496 e. The molecule has 1 saturated heterocycles. The predicted octanol–water partition coefficient (Wildman–Crippen LogP) is 3.68. The molecule has 0 unspecified atom stereocenters. The fraction of sp³-hybridized carbons (Fsp3) is 0.400. The van der Waals surface area contributed by atoms with E-state index in [1.807, 2.05) is 31.2 Å². The molecule has 2 aromatic rings. The van der Waals surface area contributed by atoms with Crippen LogP contribution in [0.15, 0.2) is 45.8 Å². The van der Waals surface area contributed by atoms with E-state index < -0.39 is 10.0 Å². The Labute approximate surface area is 175 Å². The maximum atomic E-state index is 13.2. The van der Waals surface area contributed by atoms with E-state index in [2.05, 4.69) is 20.8 Å². The number of benzene rings is 2.